The average molecular weight is 409 g/mol. The largest absolute Gasteiger partial charge is 0.399 e. The zero-order valence-corrected chi connectivity index (χ0v) is 16.1. The van der Waals surface area contributed by atoms with Gasteiger partial charge in [0, 0.05) is 18.2 Å². The van der Waals surface area contributed by atoms with Crippen LogP contribution in [0.1, 0.15) is 17.3 Å². The highest BCUT2D eigenvalue weighted by molar-refractivity contribution is 6.43. The van der Waals surface area contributed by atoms with E-state index in [0.717, 1.165) is 0 Å². The van der Waals surface area contributed by atoms with E-state index in [-0.39, 0.29) is 29.2 Å². The Bertz CT molecular complexity index is 901. The smallest absolute Gasteiger partial charge is 0.255 e. The number of hydrogen-bond donors (Lipinski definition) is 2. The number of nitrogens with two attached hydrogens (primary N) is 2. The molecule has 1 atom stereocenters. The second-order valence-electron chi connectivity index (χ2n) is 6.44. The lowest BCUT2D eigenvalue weighted by molar-refractivity contribution is 0.0741. The van der Waals surface area contributed by atoms with Gasteiger partial charge < -0.3 is 10.6 Å². The van der Waals surface area contributed by atoms with Gasteiger partial charge in [-0.3, -0.25) is 9.80 Å². The molecule has 2 aromatic carbocycles. The van der Waals surface area contributed by atoms with E-state index in [0.29, 0.717) is 34.2 Å². The number of amides is 1. The molecule has 0 fully saturated rings. The quantitative estimate of drug-likeness (QED) is 0.598. The van der Waals surface area contributed by atoms with Gasteiger partial charge in [-0.1, -0.05) is 36.2 Å². The van der Waals surface area contributed by atoms with Crippen molar-refractivity contribution in [2.24, 2.45) is 17.5 Å². The van der Waals surface area contributed by atoms with Gasteiger partial charge >= 0.3 is 0 Å². The first-order valence-corrected chi connectivity index (χ1v) is 9.07. The maximum atomic E-state index is 13.1. The Kier molecular flexibility index (Phi) is 5.60. The molecule has 3 rings (SSSR count). The first-order valence-electron chi connectivity index (χ1n) is 8.31. The van der Waals surface area contributed by atoms with Crippen molar-refractivity contribution in [3.8, 4) is 0 Å². The molecular formula is C19H19Cl2FN4O. The van der Waals surface area contributed by atoms with Crippen LogP contribution in [0.5, 0.6) is 0 Å². The van der Waals surface area contributed by atoms with Crippen LogP contribution in [0.25, 0.3) is 0 Å². The van der Waals surface area contributed by atoms with E-state index in [4.69, 9.17) is 34.8 Å². The predicted molar refractivity (Wildman–Crippen MR) is 106 cm³/mol. The van der Waals surface area contributed by atoms with Gasteiger partial charge in [-0.05, 0) is 36.4 Å². The van der Waals surface area contributed by atoms with E-state index in [1.54, 1.807) is 35.2 Å². The van der Waals surface area contributed by atoms with E-state index in [1.165, 1.54) is 17.1 Å². The second kappa shape index (κ2) is 7.76. The summed E-state index contributed by atoms with van der Waals surface area (Å²) in [5.74, 6) is 5.48. The number of carbonyl (C=O) groups excluding carboxylic acids is 1. The highest BCUT2D eigenvalue weighted by Gasteiger charge is 2.31. The molecule has 0 aliphatic carbocycles. The van der Waals surface area contributed by atoms with Crippen molar-refractivity contribution in [3.63, 3.8) is 0 Å². The Hall–Kier alpha value is -2.28. The molecule has 0 spiro atoms. The molecular weight excluding hydrogens is 390 g/mol. The fourth-order valence-electron chi connectivity index (χ4n) is 3.21. The van der Waals surface area contributed by atoms with Gasteiger partial charge in [0.05, 0.1) is 33.5 Å². The molecule has 8 heteroatoms. The summed E-state index contributed by atoms with van der Waals surface area (Å²) in [6, 6.07) is 10.7. The van der Waals surface area contributed by atoms with Crippen molar-refractivity contribution in [2.45, 2.75) is 6.92 Å². The van der Waals surface area contributed by atoms with Crippen LogP contribution in [0, 0.1) is 11.7 Å². The van der Waals surface area contributed by atoms with Crippen LogP contribution in [0.4, 0.5) is 10.1 Å². The number of halogens is 3. The van der Waals surface area contributed by atoms with Crippen LogP contribution in [-0.2, 0) is 0 Å². The Morgan fingerprint density at radius 1 is 1.22 bits per heavy atom. The van der Waals surface area contributed by atoms with Crippen molar-refractivity contribution < 1.29 is 9.18 Å². The molecule has 2 aromatic rings. The Labute approximate surface area is 166 Å². The third kappa shape index (κ3) is 3.88. The first-order chi connectivity index (χ1) is 12.8. The molecule has 1 aliphatic rings. The van der Waals surface area contributed by atoms with E-state index in [2.05, 4.69) is 0 Å². The van der Waals surface area contributed by atoms with Crippen LogP contribution >= 0.6 is 23.2 Å². The number of nitrogens with zero attached hydrogens (tertiary/aromatic N) is 2. The first kappa shape index (κ1) is 19.5. The summed E-state index contributed by atoms with van der Waals surface area (Å²) in [6.07, 6.45) is 0. The zero-order chi connectivity index (χ0) is 19.7. The van der Waals surface area contributed by atoms with Gasteiger partial charge in [0.2, 0.25) is 0 Å². The second-order valence-corrected chi connectivity index (χ2v) is 7.23. The fraction of sp³-hybridized carbons (Fsp3) is 0.211. The number of anilines is 1. The highest BCUT2D eigenvalue weighted by atomic mass is 35.5. The minimum Gasteiger partial charge on any atom is -0.399 e. The lowest BCUT2D eigenvalue weighted by atomic mass is 9.99. The number of carbonyl (C=O) groups is 1. The van der Waals surface area contributed by atoms with Crippen LogP contribution in [0.3, 0.4) is 0 Å². The van der Waals surface area contributed by atoms with Gasteiger partial charge in [-0.2, -0.15) is 0 Å². The summed E-state index contributed by atoms with van der Waals surface area (Å²) in [6.45, 7) is 2.54. The van der Waals surface area contributed by atoms with Crippen LogP contribution in [0.15, 0.2) is 53.9 Å². The molecule has 5 nitrogen and oxygen atoms in total. The van der Waals surface area contributed by atoms with E-state index in [1.807, 2.05) is 6.92 Å². The van der Waals surface area contributed by atoms with Crippen molar-refractivity contribution in [3.05, 3.63) is 75.3 Å². The van der Waals surface area contributed by atoms with Gasteiger partial charge in [0.25, 0.3) is 5.91 Å². The van der Waals surface area contributed by atoms with Crippen LogP contribution in [0.2, 0.25) is 10.0 Å². The number of hydrogen-bond acceptors (Lipinski definition) is 4. The standard InChI is InChI=1S/C19H19Cl2FN4O/c1-11-9-25(19(27)14-3-2-4-15(20)17(14)21)10-16(23)18(11)26(24)13-7-5-12(22)6-8-13/h2-8,11H,9-10,23-24H2,1H3. The molecule has 4 N–H and O–H groups in total. The fourth-order valence-corrected chi connectivity index (χ4v) is 3.59. The molecule has 0 saturated heterocycles. The number of benzene rings is 2. The van der Waals surface area contributed by atoms with Crippen molar-refractivity contribution in [2.75, 3.05) is 18.1 Å². The Balaban J connectivity index is 1.86. The van der Waals surface area contributed by atoms with Gasteiger partial charge in [0.1, 0.15) is 5.82 Å². The van der Waals surface area contributed by atoms with Gasteiger partial charge in [0.15, 0.2) is 0 Å². The number of rotatable bonds is 3. The van der Waals surface area contributed by atoms with E-state index >= 15 is 0 Å². The van der Waals surface area contributed by atoms with Crippen molar-refractivity contribution >= 4 is 34.8 Å². The molecule has 1 amide bonds. The minimum absolute atomic E-state index is 0.129. The van der Waals surface area contributed by atoms with Gasteiger partial charge in [-0.15, -0.1) is 0 Å². The van der Waals surface area contributed by atoms with Crippen LogP contribution < -0.4 is 16.6 Å². The molecule has 0 radical (unpaired) electrons. The molecule has 27 heavy (non-hydrogen) atoms. The summed E-state index contributed by atoms with van der Waals surface area (Å²) in [5, 5.41) is 1.98. The molecule has 1 heterocycles. The minimum atomic E-state index is -0.346. The third-order valence-electron chi connectivity index (χ3n) is 4.48. The maximum Gasteiger partial charge on any atom is 0.255 e. The lowest BCUT2D eigenvalue weighted by Crippen LogP contribution is -2.47. The average Bonchev–Trinajstić information content (AvgIpc) is 2.63. The maximum absolute atomic E-state index is 13.1. The SMILES string of the molecule is CC1CN(C(=O)c2cccc(Cl)c2Cl)CC(N)=C1N(N)c1ccc(F)cc1. The Morgan fingerprint density at radius 2 is 1.89 bits per heavy atom. The van der Waals surface area contributed by atoms with Gasteiger partial charge in [-0.25, -0.2) is 10.2 Å². The zero-order valence-electron chi connectivity index (χ0n) is 14.6. The lowest BCUT2D eigenvalue weighted by Gasteiger charge is -2.37. The summed E-state index contributed by atoms with van der Waals surface area (Å²) in [4.78, 5) is 14.5. The molecule has 1 unspecified atom stereocenters. The summed E-state index contributed by atoms with van der Waals surface area (Å²) in [7, 11) is 0. The van der Waals surface area contributed by atoms with E-state index in [9.17, 15) is 9.18 Å². The third-order valence-corrected chi connectivity index (χ3v) is 5.30. The molecule has 142 valence electrons. The normalized spacial score (nSPS) is 17.2. The van der Waals surface area contributed by atoms with E-state index < -0.39 is 0 Å². The highest BCUT2D eigenvalue weighted by Crippen LogP contribution is 2.30. The Morgan fingerprint density at radius 3 is 2.52 bits per heavy atom. The monoisotopic (exact) mass is 408 g/mol. The summed E-state index contributed by atoms with van der Waals surface area (Å²) in [5.41, 5.74) is 8.34. The van der Waals surface area contributed by atoms with Crippen molar-refractivity contribution in [1.29, 1.82) is 0 Å². The summed E-state index contributed by atoms with van der Waals surface area (Å²) < 4.78 is 13.1. The number of hydrazine groups is 1. The molecule has 1 aliphatic heterocycles. The topological polar surface area (TPSA) is 75.6 Å². The molecule has 0 bridgehead atoms. The molecule has 0 aromatic heterocycles. The van der Waals surface area contributed by atoms with Crippen LogP contribution in [-0.4, -0.2) is 23.9 Å². The van der Waals surface area contributed by atoms with Crippen molar-refractivity contribution in [1.82, 2.24) is 4.90 Å². The summed E-state index contributed by atoms with van der Waals surface area (Å²) >= 11 is 12.2. The molecule has 0 saturated carbocycles. The predicted octanol–water partition coefficient (Wildman–Crippen LogP) is 3.78.